The lowest BCUT2D eigenvalue weighted by atomic mass is 9.72. The van der Waals surface area contributed by atoms with Crippen molar-refractivity contribution < 1.29 is 14.6 Å². The van der Waals surface area contributed by atoms with Crippen LogP contribution in [0.4, 0.5) is 10.5 Å². The number of carboxylic acid groups (broad SMARTS) is 1. The van der Waals surface area contributed by atoms with Gasteiger partial charge in [0.05, 0.1) is 6.10 Å². The fourth-order valence-electron chi connectivity index (χ4n) is 4.13. The first kappa shape index (κ1) is 18.9. The van der Waals surface area contributed by atoms with Gasteiger partial charge in [-0.2, -0.15) is 0 Å². The van der Waals surface area contributed by atoms with E-state index < -0.39 is 6.09 Å². The number of piperazine rings is 1. The summed E-state index contributed by atoms with van der Waals surface area (Å²) in [5, 5.41) is 9.04. The molecule has 1 aliphatic carbocycles. The third-order valence-corrected chi connectivity index (χ3v) is 5.95. The highest BCUT2D eigenvalue weighted by Gasteiger charge is 2.30. The first-order valence-corrected chi connectivity index (χ1v) is 9.82. The summed E-state index contributed by atoms with van der Waals surface area (Å²) in [6.07, 6.45) is 4.29. The van der Waals surface area contributed by atoms with Gasteiger partial charge in [-0.05, 0) is 61.3 Å². The summed E-state index contributed by atoms with van der Waals surface area (Å²) in [7, 11) is 0. The molecule has 26 heavy (non-hydrogen) atoms. The van der Waals surface area contributed by atoms with Crippen LogP contribution in [0.3, 0.4) is 0 Å². The molecule has 144 valence electrons. The fourth-order valence-corrected chi connectivity index (χ4v) is 4.13. The Morgan fingerprint density at radius 3 is 2.08 bits per heavy atom. The van der Waals surface area contributed by atoms with Crippen LogP contribution < -0.4 is 9.64 Å². The number of benzene rings is 1. The molecule has 1 saturated heterocycles. The minimum atomic E-state index is -0.824. The summed E-state index contributed by atoms with van der Waals surface area (Å²) >= 11 is 0. The minimum Gasteiger partial charge on any atom is -0.490 e. The predicted octanol–water partition coefficient (Wildman–Crippen LogP) is 4.47. The molecule has 2 aliphatic rings. The van der Waals surface area contributed by atoms with Gasteiger partial charge in [0.2, 0.25) is 0 Å². The molecule has 1 aromatic carbocycles. The second-order valence-electron chi connectivity index (χ2n) is 8.71. The zero-order valence-corrected chi connectivity index (χ0v) is 16.3. The minimum absolute atomic E-state index is 0.332. The Hall–Kier alpha value is -1.91. The van der Waals surface area contributed by atoms with Gasteiger partial charge in [0.25, 0.3) is 0 Å². The van der Waals surface area contributed by atoms with Gasteiger partial charge in [-0.3, -0.25) is 0 Å². The highest BCUT2D eigenvalue weighted by Crippen LogP contribution is 2.38. The quantitative estimate of drug-likeness (QED) is 0.864. The van der Waals surface area contributed by atoms with Crippen LogP contribution >= 0.6 is 0 Å². The standard InChI is InChI=1S/C21H32N2O3/c1-21(2,3)16-4-8-18(9-5-16)26-19-10-6-17(7-11-19)22-12-14-23(15-13-22)20(24)25/h6-7,10-11,16,18H,4-5,8-9,12-15H2,1-3H3,(H,24,25)/t16-,18-. The molecule has 0 radical (unpaired) electrons. The van der Waals surface area contributed by atoms with Crippen molar-refractivity contribution in [2.75, 3.05) is 31.1 Å². The lowest BCUT2D eigenvalue weighted by molar-refractivity contribution is 0.0882. The molecule has 0 atom stereocenters. The topological polar surface area (TPSA) is 53.0 Å². The van der Waals surface area contributed by atoms with Crippen molar-refractivity contribution in [3.8, 4) is 5.75 Å². The third kappa shape index (κ3) is 4.63. The molecule has 0 spiro atoms. The van der Waals surface area contributed by atoms with Crippen LogP contribution in [0.25, 0.3) is 0 Å². The largest absolute Gasteiger partial charge is 0.490 e. The third-order valence-electron chi connectivity index (χ3n) is 5.95. The summed E-state index contributed by atoms with van der Waals surface area (Å²) < 4.78 is 6.20. The maximum absolute atomic E-state index is 11.0. The molecule has 1 heterocycles. The van der Waals surface area contributed by atoms with Crippen molar-refractivity contribution in [2.45, 2.75) is 52.6 Å². The lowest BCUT2D eigenvalue weighted by Crippen LogP contribution is -2.48. The van der Waals surface area contributed by atoms with E-state index in [-0.39, 0.29) is 0 Å². The van der Waals surface area contributed by atoms with Crippen LogP contribution in [-0.4, -0.2) is 48.4 Å². The summed E-state index contributed by atoms with van der Waals surface area (Å²) in [5.41, 5.74) is 1.54. The smallest absolute Gasteiger partial charge is 0.407 e. The molecule has 0 bridgehead atoms. The number of hydrogen-bond donors (Lipinski definition) is 1. The maximum atomic E-state index is 11.0. The summed E-state index contributed by atoms with van der Waals surface area (Å²) in [6, 6.07) is 8.28. The summed E-state index contributed by atoms with van der Waals surface area (Å²) in [5.74, 6) is 1.74. The van der Waals surface area contributed by atoms with Gasteiger partial charge in [0.15, 0.2) is 0 Å². The number of ether oxygens (including phenoxy) is 1. The van der Waals surface area contributed by atoms with Gasteiger partial charge in [0.1, 0.15) is 5.75 Å². The van der Waals surface area contributed by atoms with E-state index >= 15 is 0 Å². The van der Waals surface area contributed by atoms with E-state index in [1.165, 1.54) is 17.7 Å². The number of anilines is 1. The van der Waals surface area contributed by atoms with Gasteiger partial charge >= 0.3 is 6.09 Å². The van der Waals surface area contributed by atoms with Gasteiger partial charge in [0, 0.05) is 31.9 Å². The Kier molecular flexibility index (Phi) is 5.64. The molecule has 5 nitrogen and oxygen atoms in total. The van der Waals surface area contributed by atoms with E-state index in [1.807, 2.05) is 0 Å². The van der Waals surface area contributed by atoms with E-state index in [1.54, 1.807) is 0 Å². The Bertz CT molecular complexity index is 593. The molecule has 0 unspecified atom stereocenters. The van der Waals surface area contributed by atoms with Crippen molar-refractivity contribution in [2.24, 2.45) is 11.3 Å². The zero-order chi connectivity index (χ0) is 18.7. The van der Waals surface area contributed by atoms with E-state index in [0.29, 0.717) is 24.6 Å². The van der Waals surface area contributed by atoms with Crippen molar-refractivity contribution in [1.82, 2.24) is 4.90 Å². The van der Waals surface area contributed by atoms with E-state index in [0.717, 1.165) is 43.3 Å². The Morgan fingerprint density at radius 1 is 1.00 bits per heavy atom. The van der Waals surface area contributed by atoms with Crippen LogP contribution in [0, 0.1) is 11.3 Å². The van der Waals surface area contributed by atoms with Crippen LogP contribution in [0.2, 0.25) is 0 Å². The van der Waals surface area contributed by atoms with E-state index in [9.17, 15) is 4.79 Å². The van der Waals surface area contributed by atoms with E-state index in [4.69, 9.17) is 9.84 Å². The van der Waals surface area contributed by atoms with Crippen LogP contribution in [0.15, 0.2) is 24.3 Å². The van der Waals surface area contributed by atoms with E-state index in [2.05, 4.69) is 49.9 Å². The second kappa shape index (κ2) is 7.77. The molecule has 2 fully saturated rings. The lowest BCUT2D eigenvalue weighted by Gasteiger charge is -2.37. The van der Waals surface area contributed by atoms with Gasteiger partial charge in [-0.1, -0.05) is 20.8 Å². The van der Waals surface area contributed by atoms with Gasteiger partial charge < -0.3 is 19.6 Å². The molecule has 1 N–H and O–H groups in total. The fraction of sp³-hybridized carbons (Fsp3) is 0.667. The van der Waals surface area contributed by atoms with Crippen molar-refractivity contribution in [3.63, 3.8) is 0 Å². The Balaban J connectivity index is 1.49. The highest BCUT2D eigenvalue weighted by molar-refractivity contribution is 5.65. The van der Waals surface area contributed by atoms with Gasteiger partial charge in [-0.15, -0.1) is 0 Å². The second-order valence-corrected chi connectivity index (χ2v) is 8.71. The van der Waals surface area contributed by atoms with Crippen molar-refractivity contribution in [1.29, 1.82) is 0 Å². The number of hydrogen-bond acceptors (Lipinski definition) is 3. The number of nitrogens with zero attached hydrogens (tertiary/aromatic N) is 2. The molecular formula is C21H32N2O3. The van der Waals surface area contributed by atoms with Crippen LogP contribution in [-0.2, 0) is 0 Å². The first-order chi connectivity index (χ1) is 12.3. The Morgan fingerprint density at radius 2 is 1.58 bits per heavy atom. The number of amides is 1. The molecule has 5 heteroatoms. The highest BCUT2D eigenvalue weighted by atomic mass is 16.5. The first-order valence-electron chi connectivity index (χ1n) is 9.82. The predicted molar refractivity (Wildman–Crippen MR) is 104 cm³/mol. The molecule has 1 aliphatic heterocycles. The monoisotopic (exact) mass is 360 g/mol. The number of rotatable bonds is 3. The van der Waals surface area contributed by atoms with Crippen molar-refractivity contribution in [3.05, 3.63) is 24.3 Å². The van der Waals surface area contributed by atoms with Crippen LogP contribution in [0.1, 0.15) is 46.5 Å². The average molecular weight is 360 g/mol. The Labute approximate surface area is 156 Å². The zero-order valence-electron chi connectivity index (χ0n) is 16.3. The van der Waals surface area contributed by atoms with Crippen LogP contribution in [0.5, 0.6) is 5.75 Å². The number of carbonyl (C=O) groups is 1. The maximum Gasteiger partial charge on any atom is 0.407 e. The average Bonchev–Trinajstić information content (AvgIpc) is 2.62. The molecular weight excluding hydrogens is 328 g/mol. The molecule has 1 saturated carbocycles. The normalized spacial score (nSPS) is 24.4. The SMILES string of the molecule is CC(C)(C)[C@H]1CC[C@H](Oc2ccc(N3CCN(C(=O)O)CC3)cc2)CC1. The molecule has 0 aromatic heterocycles. The van der Waals surface area contributed by atoms with Crippen molar-refractivity contribution >= 4 is 11.8 Å². The summed E-state index contributed by atoms with van der Waals surface area (Å²) in [4.78, 5) is 14.7. The molecule has 3 rings (SSSR count). The summed E-state index contributed by atoms with van der Waals surface area (Å²) in [6.45, 7) is 9.62. The molecule has 1 aromatic rings. The molecule has 1 amide bonds. The van der Waals surface area contributed by atoms with Gasteiger partial charge in [-0.25, -0.2) is 4.79 Å².